The van der Waals surface area contributed by atoms with Gasteiger partial charge in [-0.3, -0.25) is 4.79 Å². The van der Waals surface area contributed by atoms with Crippen molar-refractivity contribution in [1.82, 2.24) is 9.88 Å². The van der Waals surface area contributed by atoms with Crippen molar-refractivity contribution in [2.75, 3.05) is 32.6 Å². The Morgan fingerprint density at radius 3 is 2.48 bits per heavy atom. The molecule has 6 nitrogen and oxygen atoms in total. The van der Waals surface area contributed by atoms with E-state index < -0.39 is 5.97 Å². The first-order valence-corrected chi connectivity index (χ1v) is 10.1. The Hall–Kier alpha value is -2.45. The van der Waals surface area contributed by atoms with Gasteiger partial charge in [0.15, 0.2) is 11.7 Å². The highest BCUT2D eigenvalue weighted by Crippen LogP contribution is 2.34. The fourth-order valence-corrected chi connectivity index (χ4v) is 4.51. The number of carbonyl (C=O) groups excluding carboxylic acids is 2. The number of aromatic nitrogens is 1. The molecule has 2 aromatic heterocycles. The molecule has 1 atom stereocenters. The summed E-state index contributed by atoms with van der Waals surface area (Å²) in [4.78, 5) is 33.9. The van der Waals surface area contributed by atoms with Gasteiger partial charge in [0.2, 0.25) is 0 Å². The molecule has 8 heteroatoms. The number of fused-ring (bicyclic) bond motifs is 1. The maximum Gasteiger partial charge on any atom is 0.348 e. The molecule has 0 aliphatic rings. The lowest BCUT2D eigenvalue weighted by molar-refractivity contribution is -0.135. The number of benzene rings is 1. The monoisotopic (exact) mass is 403 g/mol. The Labute approximate surface area is 166 Å². The topological polar surface area (TPSA) is 62.7 Å². The van der Waals surface area contributed by atoms with Crippen molar-refractivity contribution in [3.63, 3.8) is 0 Å². The maximum absolute atomic E-state index is 12.4. The molecule has 2 heterocycles. The normalized spacial score (nSPS) is 12.0. The van der Waals surface area contributed by atoms with Crippen LogP contribution in [-0.4, -0.2) is 49.5 Å². The van der Waals surface area contributed by atoms with E-state index in [1.165, 1.54) is 22.7 Å². The number of likely N-dealkylation sites (N-methyl/N-ethyl adjacent to an activating group) is 1. The van der Waals surface area contributed by atoms with Gasteiger partial charge in [-0.15, -0.1) is 11.3 Å². The number of rotatable bonds is 6. The van der Waals surface area contributed by atoms with Crippen molar-refractivity contribution in [2.45, 2.75) is 13.0 Å². The first kappa shape index (κ1) is 19.3. The zero-order valence-electron chi connectivity index (χ0n) is 15.6. The number of ether oxygens (including phenoxy) is 1. The molecular formula is C19H21N3O3S2. The lowest BCUT2D eigenvalue weighted by atomic mass is 10.1. The van der Waals surface area contributed by atoms with Gasteiger partial charge < -0.3 is 14.5 Å². The van der Waals surface area contributed by atoms with Crippen molar-refractivity contribution in [3.05, 3.63) is 46.8 Å². The van der Waals surface area contributed by atoms with Crippen LogP contribution in [0.2, 0.25) is 0 Å². The fraction of sp³-hybridized carbons (Fsp3) is 0.316. The second kappa shape index (κ2) is 8.06. The molecule has 0 N–H and O–H groups in total. The smallest absolute Gasteiger partial charge is 0.348 e. The largest absolute Gasteiger partial charge is 0.451 e. The number of amides is 1. The van der Waals surface area contributed by atoms with E-state index in [4.69, 9.17) is 4.74 Å². The van der Waals surface area contributed by atoms with E-state index >= 15 is 0 Å². The van der Waals surface area contributed by atoms with E-state index in [1.54, 1.807) is 18.0 Å². The minimum Gasteiger partial charge on any atom is -0.451 e. The minimum absolute atomic E-state index is 0.0990. The van der Waals surface area contributed by atoms with Gasteiger partial charge >= 0.3 is 5.97 Å². The second-order valence-electron chi connectivity index (χ2n) is 6.34. The number of nitrogens with zero attached hydrogens (tertiary/aromatic N) is 3. The van der Waals surface area contributed by atoms with Crippen LogP contribution in [0.5, 0.6) is 0 Å². The van der Waals surface area contributed by atoms with E-state index in [2.05, 4.69) is 4.98 Å². The number of hydrogen-bond donors (Lipinski definition) is 0. The van der Waals surface area contributed by atoms with Crippen molar-refractivity contribution < 1.29 is 14.3 Å². The molecule has 3 aromatic rings. The Morgan fingerprint density at radius 2 is 1.85 bits per heavy atom. The number of thiophene rings is 1. The Morgan fingerprint density at radius 1 is 1.15 bits per heavy atom. The molecule has 1 aromatic carbocycles. The van der Waals surface area contributed by atoms with Crippen LogP contribution >= 0.6 is 22.7 Å². The quantitative estimate of drug-likeness (QED) is 0.586. The van der Waals surface area contributed by atoms with Crippen molar-refractivity contribution in [1.29, 1.82) is 0 Å². The van der Waals surface area contributed by atoms with E-state index in [-0.39, 0.29) is 18.6 Å². The molecule has 1 amide bonds. The standard InChI is InChI=1S/C19H21N3O3S2/c1-12(13-8-6-5-7-9-13)22(4)16(23)11-25-18(24)15-10-14-17(26-15)20-19(27-14)21(2)3/h5-10,12H,11H2,1-4H3. The summed E-state index contributed by atoms with van der Waals surface area (Å²) in [5.74, 6) is -0.739. The van der Waals surface area contributed by atoms with Gasteiger partial charge in [-0.05, 0) is 18.6 Å². The molecule has 27 heavy (non-hydrogen) atoms. The highest BCUT2D eigenvalue weighted by molar-refractivity contribution is 7.29. The van der Waals surface area contributed by atoms with Crippen molar-refractivity contribution >= 4 is 49.2 Å². The van der Waals surface area contributed by atoms with Crippen LogP contribution in [0.4, 0.5) is 5.13 Å². The molecule has 0 radical (unpaired) electrons. The molecule has 1 unspecified atom stereocenters. The molecule has 0 bridgehead atoms. The lowest BCUT2D eigenvalue weighted by Gasteiger charge is -2.25. The summed E-state index contributed by atoms with van der Waals surface area (Å²) in [5, 5.41) is 0.892. The highest BCUT2D eigenvalue weighted by Gasteiger charge is 2.21. The van der Waals surface area contributed by atoms with Gasteiger partial charge in [0, 0.05) is 21.1 Å². The molecule has 0 aliphatic heterocycles. The Kier molecular flexibility index (Phi) is 5.76. The van der Waals surface area contributed by atoms with Gasteiger partial charge in [0.25, 0.3) is 5.91 Å². The minimum atomic E-state index is -0.495. The van der Waals surface area contributed by atoms with E-state index in [0.29, 0.717) is 4.88 Å². The summed E-state index contributed by atoms with van der Waals surface area (Å²) >= 11 is 2.80. The highest BCUT2D eigenvalue weighted by atomic mass is 32.1. The average molecular weight is 404 g/mol. The zero-order chi connectivity index (χ0) is 19.6. The van der Waals surface area contributed by atoms with E-state index in [0.717, 1.165) is 20.2 Å². The van der Waals surface area contributed by atoms with Gasteiger partial charge in [-0.1, -0.05) is 41.7 Å². The summed E-state index contributed by atoms with van der Waals surface area (Å²) in [6, 6.07) is 11.4. The third kappa shape index (κ3) is 4.28. The van der Waals surface area contributed by atoms with Crippen LogP contribution in [0.25, 0.3) is 9.53 Å². The van der Waals surface area contributed by atoms with Crippen LogP contribution < -0.4 is 4.90 Å². The molecule has 142 valence electrons. The van der Waals surface area contributed by atoms with E-state index in [9.17, 15) is 9.59 Å². The van der Waals surface area contributed by atoms with Crippen LogP contribution in [0, 0.1) is 0 Å². The summed E-state index contributed by atoms with van der Waals surface area (Å²) in [6.45, 7) is 1.66. The number of carbonyl (C=O) groups is 2. The Bertz CT molecular complexity index is 918. The fourth-order valence-electron chi connectivity index (χ4n) is 2.49. The molecule has 0 spiro atoms. The van der Waals surface area contributed by atoms with Crippen LogP contribution in [0.15, 0.2) is 36.4 Å². The average Bonchev–Trinajstić information content (AvgIpc) is 3.24. The molecule has 3 rings (SSSR count). The maximum atomic E-state index is 12.4. The molecule has 0 saturated heterocycles. The van der Waals surface area contributed by atoms with Gasteiger partial charge in [-0.25, -0.2) is 9.78 Å². The summed E-state index contributed by atoms with van der Waals surface area (Å²) in [5.41, 5.74) is 1.03. The molecule has 0 saturated carbocycles. The number of esters is 1. The number of hydrogen-bond acceptors (Lipinski definition) is 7. The predicted molar refractivity (Wildman–Crippen MR) is 110 cm³/mol. The second-order valence-corrected chi connectivity index (χ2v) is 8.38. The first-order valence-electron chi connectivity index (χ1n) is 8.42. The van der Waals surface area contributed by atoms with Crippen molar-refractivity contribution in [3.8, 4) is 0 Å². The third-order valence-electron chi connectivity index (χ3n) is 4.24. The van der Waals surface area contributed by atoms with Crippen LogP contribution in [-0.2, 0) is 9.53 Å². The lowest BCUT2D eigenvalue weighted by Crippen LogP contribution is -2.33. The summed E-state index contributed by atoms with van der Waals surface area (Å²) < 4.78 is 6.16. The number of anilines is 1. The third-order valence-corrected chi connectivity index (χ3v) is 6.55. The predicted octanol–water partition coefficient (Wildman–Crippen LogP) is 3.80. The van der Waals surface area contributed by atoms with Crippen molar-refractivity contribution in [2.24, 2.45) is 0 Å². The van der Waals surface area contributed by atoms with E-state index in [1.807, 2.05) is 56.3 Å². The summed E-state index contributed by atoms with van der Waals surface area (Å²) in [7, 11) is 5.56. The molecular weight excluding hydrogens is 382 g/mol. The summed E-state index contributed by atoms with van der Waals surface area (Å²) in [6.07, 6.45) is 0. The van der Waals surface area contributed by atoms with Crippen LogP contribution in [0.3, 0.4) is 0 Å². The van der Waals surface area contributed by atoms with Crippen LogP contribution in [0.1, 0.15) is 28.2 Å². The van der Waals surface area contributed by atoms with Gasteiger partial charge in [0.1, 0.15) is 9.71 Å². The number of thiazole rings is 1. The molecule has 0 fully saturated rings. The molecule has 0 aliphatic carbocycles. The van der Waals surface area contributed by atoms with Gasteiger partial charge in [-0.2, -0.15) is 0 Å². The first-order chi connectivity index (χ1) is 12.9. The zero-order valence-corrected chi connectivity index (χ0v) is 17.3. The Balaban J connectivity index is 1.59. The van der Waals surface area contributed by atoms with Gasteiger partial charge in [0.05, 0.1) is 10.7 Å². The SMILES string of the molecule is CC(c1ccccc1)N(C)C(=O)COC(=O)c1cc2sc(N(C)C)nc2s1.